The van der Waals surface area contributed by atoms with Gasteiger partial charge in [-0.05, 0) is 36.9 Å². The van der Waals surface area contributed by atoms with Gasteiger partial charge in [-0.1, -0.05) is 18.2 Å². The van der Waals surface area contributed by atoms with Crippen LogP contribution in [0.15, 0.2) is 42.7 Å². The molecule has 0 amide bonds. The number of rotatable bonds is 3. The molecule has 1 aliphatic heterocycles. The second kappa shape index (κ2) is 6.60. The molecule has 4 rings (SSSR count). The zero-order valence-corrected chi connectivity index (χ0v) is 13.9. The molecule has 2 aromatic heterocycles. The van der Waals surface area contributed by atoms with Crippen LogP contribution in [0.4, 0.5) is 19.1 Å². The summed E-state index contributed by atoms with van der Waals surface area (Å²) >= 11 is 0. The Morgan fingerprint density at radius 1 is 1.19 bits per heavy atom. The van der Waals surface area contributed by atoms with E-state index in [1.54, 1.807) is 24.4 Å². The van der Waals surface area contributed by atoms with Crippen LogP contribution in [-0.2, 0) is 6.18 Å². The Morgan fingerprint density at radius 2 is 2.04 bits per heavy atom. The third kappa shape index (κ3) is 3.24. The van der Waals surface area contributed by atoms with Gasteiger partial charge in [0.15, 0.2) is 5.82 Å². The summed E-state index contributed by atoms with van der Waals surface area (Å²) in [5.74, 6) is 0.0412. The van der Waals surface area contributed by atoms with E-state index in [1.165, 1.54) is 4.57 Å². The number of alkyl halides is 3. The van der Waals surface area contributed by atoms with E-state index < -0.39 is 11.7 Å². The molecule has 1 aliphatic rings. The molecule has 1 saturated heterocycles. The van der Waals surface area contributed by atoms with E-state index in [2.05, 4.69) is 20.6 Å². The summed E-state index contributed by atoms with van der Waals surface area (Å²) < 4.78 is 42.0. The van der Waals surface area contributed by atoms with Crippen LogP contribution in [0.3, 0.4) is 0 Å². The highest BCUT2D eigenvalue weighted by Crippen LogP contribution is 2.34. The maximum Gasteiger partial charge on any atom is 0.421 e. The van der Waals surface area contributed by atoms with Crippen molar-refractivity contribution in [3.05, 3.63) is 48.3 Å². The highest BCUT2D eigenvalue weighted by atomic mass is 19.4. The molecule has 1 atom stereocenters. The Labute approximate surface area is 148 Å². The Kier molecular flexibility index (Phi) is 4.28. The number of nitrogens with one attached hydrogen (secondary N) is 2. The molecule has 1 fully saturated rings. The number of piperidine rings is 1. The number of para-hydroxylation sites is 1. The first-order valence-electron chi connectivity index (χ1n) is 8.50. The third-order valence-corrected chi connectivity index (χ3v) is 4.53. The molecule has 5 nitrogen and oxygen atoms in total. The zero-order chi connectivity index (χ0) is 18.1. The first-order valence-corrected chi connectivity index (χ1v) is 8.50. The van der Waals surface area contributed by atoms with Crippen LogP contribution in [0, 0.1) is 0 Å². The van der Waals surface area contributed by atoms with Gasteiger partial charge in [0.25, 0.3) is 0 Å². The van der Waals surface area contributed by atoms with Gasteiger partial charge in [-0.25, -0.2) is 4.98 Å². The maximum atomic E-state index is 13.5. The maximum absolute atomic E-state index is 13.5. The molecule has 0 radical (unpaired) electrons. The average molecular weight is 361 g/mol. The minimum absolute atomic E-state index is 0.106. The summed E-state index contributed by atoms with van der Waals surface area (Å²) in [4.78, 5) is 8.13. The van der Waals surface area contributed by atoms with Crippen molar-refractivity contribution in [3.63, 3.8) is 0 Å². The molecule has 0 unspecified atom stereocenters. The number of hydrogen-bond donors (Lipinski definition) is 2. The predicted molar refractivity (Wildman–Crippen MR) is 93.4 cm³/mol. The highest BCUT2D eigenvalue weighted by Gasteiger charge is 2.36. The van der Waals surface area contributed by atoms with E-state index >= 15 is 0 Å². The fourth-order valence-corrected chi connectivity index (χ4v) is 3.25. The van der Waals surface area contributed by atoms with Gasteiger partial charge >= 0.3 is 6.18 Å². The predicted octanol–water partition coefficient (Wildman–Crippen LogP) is 3.60. The number of benzene rings is 1. The molecule has 26 heavy (non-hydrogen) atoms. The molecule has 8 heteroatoms. The van der Waals surface area contributed by atoms with Gasteiger partial charge in [-0.3, -0.25) is 0 Å². The number of anilines is 1. The summed E-state index contributed by atoms with van der Waals surface area (Å²) in [6, 6.07) is 9.15. The van der Waals surface area contributed by atoms with E-state index in [1.807, 2.05) is 12.1 Å². The largest absolute Gasteiger partial charge is 0.421 e. The standard InChI is InChI=1S/C18H18F3N5/c19-18(20,21)14-11-23-17(24-13-5-3-8-22-10-13)25-16(14)26-9-7-12-4-1-2-6-15(12)26/h1-2,4,6-7,9,11,13,22H,3,5,8,10H2,(H,23,24,25)/t13-/m0/s1. The number of nitrogens with zero attached hydrogens (tertiary/aromatic N) is 3. The topological polar surface area (TPSA) is 54.8 Å². The van der Waals surface area contributed by atoms with Crippen molar-refractivity contribution in [2.45, 2.75) is 25.1 Å². The lowest BCUT2D eigenvalue weighted by molar-refractivity contribution is -0.137. The van der Waals surface area contributed by atoms with Crippen LogP contribution < -0.4 is 10.6 Å². The molecule has 136 valence electrons. The van der Waals surface area contributed by atoms with Gasteiger partial charge in [-0.2, -0.15) is 18.2 Å². The molecule has 1 aromatic carbocycles. The Hall–Kier alpha value is -2.61. The van der Waals surface area contributed by atoms with Crippen molar-refractivity contribution in [2.24, 2.45) is 0 Å². The van der Waals surface area contributed by atoms with Crippen LogP contribution in [-0.4, -0.2) is 33.7 Å². The van der Waals surface area contributed by atoms with E-state index in [4.69, 9.17) is 0 Å². The first-order chi connectivity index (χ1) is 12.5. The summed E-state index contributed by atoms with van der Waals surface area (Å²) in [6.07, 6.45) is -0.137. The Bertz CT molecular complexity index is 913. The van der Waals surface area contributed by atoms with Gasteiger partial charge in [0.1, 0.15) is 5.56 Å². The van der Waals surface area contributed by atoms with Crippen LogP contribution in [0.1, 0.15) is 18.4 Å². The smallest absolute Gasteiger partial charge is 0.350 e. The van der Waals surface area contributed by atoms with Crippen molar-refractivity contribution < 1.29 is 13.2 Å². The fourth-order valence-electron chi connectivity index (χ4n) is 3.25. The van der Waals surface area contributed by atoms with Gasteiger partial charge in [0, 0.05) is 25.0 Å². The van der Waals surface area contributed by atoms with Gasteiger partial charge < -0.3 is 15.2 Å². The number of halogens is 3. The lowest BCUT2D eigenvalue weighted by Gasteiger charge is -2.24. The Morgan fingerprint density at radius 3 is 2.81 bits per heavy atom. The highest BCUT2D eigenvalue weighted by molar-refractivity contribution is 5.81. The van der Waals surface area contributed by atoms with E-state index in [-0.39, 0.29) is 17.8 Å². The molecule has 2 N–H and O–H groups in total. The Balaban J connectivity index is 1.78. The van der Waals surface area contributed by atoms with Crippen LogP contribution >= 0.6 is 0 Å². The van der Waals surface area contributed by atoms with Crippen molar-refractivity contribution in [3.8, 4) is 5.82 Å². The molecule has 0 spiro atoms. The van der Waals surface area contributed by atoms with Crippen molar-refractivity contribution in [2.75, 3.05) is 18.4 Å². The van der Waals surface area contributed by atoms with Crippen LogP contribution in [0.2, 0.25) is 0 Å². The summed E-state index contributed by atoms with van der Waals surface area (Å²) in [5.41, 5.74) is -0.187. The zero-order valence-electron chi connectivity index (χ0n) is 13.9. The summed E-state index contributed by atoms with van der Waals surface area (Å²) in [7, 11) is 0. The number of hydrogen-bond acceptors (Lipinski definition) is 4. The van der Waals surface area contributed by atoms with Crippen molar-refractivity contribution >= 4 is 16.9 Å². The van der Waals surface area contributed by atoms with Gasteiger partial charge in [0.2, 0.25) is 5.95 Å². The third-order valence-electron chi connectivity index (χ3n) is 4.53. The lowest BCUT2D eigenvalue weighted by atomic mass is 10.1. The minimum Gasteiger partial charge on any atom is -0.350 e. The normalized spacial score (nSPS) is 18.2. The second-order valence-electron chi connectivity index (χ2n) is 6.36. The molecule has 0 bridgehead atoms. The summed E-state index contributed by atoms with van der Waals surface area (Å²) in [6.45, 7) is 1.69. The van der Waals surface area contributed by atoms with Gasteiger partial charge in [0.05, 0.1) is 5.52 Å². The molecule has 3 heterocycles. The minimum atomic E-state index is -4.54. The molecule has 3 aromatic rings. The molecule has 0 aliphatic carbocycles. The monoisotopic (exact) mass is 361 g/mol. The quantitative estimate of drug-likeness (QED) is 0.748. The number of fused-ring (bicyclic) bond motifs is 1. The van der Waals surface area contributed by atoms with E-state index in [9.17, 15) is 13.2 Å². The van der Waals surface area contributed by atoms with Gasteiger partial charge in [-0.15, -0.1) is 0 Å². The van der Waals surface area contributed by atoms with Crippen LogP contribution in [0.5, 0.6) is 0 Å². The van der Waals surface area contributed by atoms with Crippen molar-refractivity contribution in [1.29, 1.82) is 0 Å². The molecular weight excluding hydrogens is 343 g/mol. The molecular formula is C18H18F3N5. The molecule has 0 saturated carbocycles. The SMILES string of the molecule is FC(F)(F)c1cnc(N[C@H]2CCCNC2)nc1-n1ccc2ccccc21. The lowest BCUT2D eigenvalue weighted by Crippen LogP contribution is -2.38. The number of aromatic nitrogens is 3. The fraction of sp³-hybridized carbons (Fsp3) is 0.333. The van der Waals surface area contributed by atoms with E-state index in [0.29, 0.717) is 5.52 Å². The van der Waals surface area contributed by atoms with Crippen LogP contribution in [0.25, 0.3) is 16.7 Å². The second-order valence-corrected chi connectivity index (χ2v) is 6.36. The first kappa shape index (κ1) is 16.8. The van der Waals surface area contributed by atoms with E-state index in [0.717, 1.165) is 37.5 Å². The average Bonchev–Trinajstić information content (AvgIpc) is 3.05. The summed E-state index contributed by atoms with van der Waals surface area (Å²) in [5, 5.41) is 7.25. The van der Waals surface area contributed by atoms with Crippen molar-refractivity contribution in [1.82, 2.24) is 19.9 Å².